The van der Waals surface area contributed by atoms with Crippen LogP contribution in [0.2, 0.25) is 0 Å². The Balaban J connectivity index is 1.63. The zero-order chi connectivity index (χ0) is 19.9. The van der Waals surface area contributed by atoms with E-state index in [-0.39, 0.29) is 29.5 Å². The van der Waals surface area contributed by atoms with Crippen molar-refractivity contribution < 1.29 is 13.2 Å². The number of benzene rings is 1. The maximum atomic E-state index is 13.1. The molecule has 1 amide bonds. The van der Waals surface area contributed by atoms with Crippen molar-refractivity contribution in [2.75, 3.05) is 23.0 Å². The smallest absolute Gasteiger partial charge is 0.255 e. The van der Waals surface area contributed by atoms with Gasteiger partial charge in [0.15, 0.2) is 9.84 Å². The molecule has 2 aromatic rings. The van der Waals surface area contributed by atoms with E-state index in [9.17, 15) is 13.2 Å². The lowest BCUT2D eigenvalue weighted by atomic mass is 10.1. The quantitative estimate of drug-likeness (QED) is 0.791. The molecule has 0 saturated carbocycles. The molecule has 2 aliphatic rings. The second kappa shape index (κ2) is 7.20. The summed E-state index contributed by atoms with van der Waals surface area (Å²) in [7, 11) is -3.05. The van der Waals surface area contributed by atoms with Crippen molar-refractivity contribution in [3.8, 4) is 0 Å². The predicted molar refractivity (Wildman–Crippen MR) is 110 cm³/mol. The number of aromatic nitrogens is 1. The molecule has 2 aliphatic heterocycles. The first-order valence-electron chi connectivity index (χ1n) is 9.73. The van der Waals surface area contributed by atoms with Gasteiger partial charge in [0, 0.05) is 30.5 Å². The predicted octanol–water partition coefficient (Wildman–Crippen LogP) is 2.81. The molecule has 0 N–H and O–H groups in total. The molecule has 3 heterocycles. The SMILES string of the molecule is CCN(C(=O)c1cncc(N2c3ccccc3CC2C)c1)C1CCS(=O)(=O)C1. The topological polar surface area (TPSA) is 70.6 Å². The Morgan fingerprint density at radius 1 is 1.29 bits per heavy atom. The Morgan fingerprint density at radius 3 is 2.79 bits per heavy atom. The third-order valence-electron chi connectivity index (χ3n) is 5.71. The molecule has 0 spiro atoms. The van der Waals surface area contributed by atoms with Gasteiger partial charge in [-0.2, -0.15) is 0 Å². The van der Waals surface area contributed by atoms with E-state index in [0.717, 1.165) is 17.8 Å². The molecule has 2 atom stereocenters. The van der Waals surface area contributed by atoms with Gasteiger partial charge in [-0.05, 0) is 44.4 Å². The summed E-state index contributed by atoms with van der Waals surface area (Å²) in [6.45, 7) is 4.53. The van der Waals surface area contributed by atoms with E-state index in [1.54, 1.807) is 17.3 Å². The summed E-state index contributed by atoms with van der Waals surface area (Å²) in [6, 6.07) is 10.2. The highest BCUT2D eigenvalue weighted by atomic mass is 32.2. The average molecular weight is 400 g/mol. The minimum Gasteiger partial charge on any atom is -0.337 e. The molecule has 148 valence electrons. The van der Waals surface area contributed by atoms with Gasteiger partial charge < -0.3 is 9.80 Å². The number of hydrogen-bond acceptors (Lipinski definition) is 5. The fraction of sp³-hybridized carbons (Fsp3) is 0.429. The highest BCUT2D eigenvalue weighted by Crippen LogP contribution is 2.38. The molecule has 6 nitrogen and oxygen atoms in total. The summed E-state index contributed by atoms with van der Waals surface area (Å²) in [5, 5.41) is 0. The second-order valence-corrected chi connectivity index (χ2v) is 9.86. The van der Waals surface area contributed by atoms with Crippen molar-refractivity contribution in [1.29, 1.82) is 0 Å². The number of fused-ring (bicyclic) bond motifs is 1. The number of carbonyl (C=O) groups excluding carboxylic acids is 1. The number of carbonyl (C=O) groups is 1. The van der Waals surface area contributed by atoms with Crippen LogP contribution in [0.1, 0.15) is 36.2 Å². The first-order chi connectivity index (χ1) is 13.4. The summed E-state index contributed by atoms with van der Waals surface area (Å²) in [5.41, 5.74) is 3.83. The van der Waals surface area contributed by atoms with Gasteiger partial charge >= 0.3 is 0 Å². The van der Waals surface area contributed by atoms with Crippen molar-refractivity contribution in [3.05, 3.63) is 53.9 Å². The van der Waals surface area contributed by atoms with Gasteiger partial charge in [0.05, 0.1) is 29.0 Å². The van der Waals surface area contributed by atoms with Crippen LogP contribution in [0, 0.1) is 0 Å². The van der Waals surface area contributed by atoms with E-state index in [4.69, 9.17) is 0 Å². The molecule has 1 aromatic heterocycles. The number of hydrogen-bond donors (Lipinski definition) is 0. The summed E-state index contributed by atoms with van der Waals surface area (Å²) in [5.74, 6) is 0.0528. The first kappa shape index (κ1) is 18.9. The van der Waals surface area contributed by atoms with Gasteiger partial charge in [-0.25, -0.2) is 8.42 Å². The van der Waals surface area contributed by atoms with Crippen LogP contribution in [0.4, 0.5) is 11.4 Å². The van der Waals surface area contributed by atoms with Crippen molar-refractivity contribution in [1.82, 2.24) is 9.88 Å². The fourth-order valence-electron chi connectivity index (χ4n) is 4.39. The number of amides is 1. The van der Waals surface area contributed by atoms with Gasteiger partial charge in [0.25, 0.3) is 5.91 Å². The number of para-hydroxylation sites is 1. The Morgan fingerprint density at radius 2 is 2.07 bits per heavy atom. The monoisotopic (exact) mass is 399 g/mol. The molecule has 1 saturated heterocycles. The molecule has 1 aromatic carbocycles. The van der Waals surface area contributed by atoms with E-state index in [1.807, 2.05) is 25.1 Å². The van der Waals surface area contributed by atoms with Crippen LogP contribution >= 0.6 is 0 Å². The van der Waals surface area contributed by atoms with E-state index < -0.39 is 9.84 Å². The van der Waals surface area contributed by atoms with Crippen molar-refractivity contribution in [2.24, 2.45) is 0 Å². The van der Waals surface area contributed by atoms with Crippen molar-refractivity contribution in [2.45, 2.75) is 38.8 Å². The maximum Gasteiger partial charge on any atom is 0.255 e. The van der Waals surface area contributed by atoms with Crippen molar-refractivity contribution in [3.63, 3.8) is 0 Å². The molecule has 2 unspecified atom stereocenters. The number of pyridine rings is 1. The summed E-state index contributed by atoms with van der Waals surface area (Å²) >= 11 is 0. The molecule has 0 bridgehead atoms. The third-order valence-corrected chi connectivity index (χ3v) is 7.46. The molecular formula is C21H25N3O3S. The summed E-state index contributed by atoms with van der Waals surface area (Å²) < 4.78 is 23.7. The zero-order valence-corrected chi connectivity index (χ0v) is 17.0. The zero-order valence-electron chi connectivity index (χ0n) is 16.2. The highest BCUT2D eigenvalue weighted by Gasteiger charge is 2.35. The van der Waals surface area contributed by atoms with Crippen LogP contribution in [0.3, 0.4) is 0 Å². The van der Waals surface area contributed by atoms with E-state index in [0.29, 0.717) is 18.5 Å². The third kappa shape index (κ3) is 3.39. The Hall–Kier alpha value is -2.41. The van der Waals surface area contributed by atoms with Gasteiger partial charge in [-0.1, -0.05) is 18.2 Å². The van der Waals surface area contributed by atoms with Crippen molar-refractivity contribution >= 4 is 27.1 Å². The van der Waals surface area contributed by atoms with Gasteiger partial charge in [-0.15, -0.1) is 0 Å². The Labute approximate surface area is 166 Å². The fourth-order valence-corrected chi connectivity index (χ4v) is 6.12. The van der Waals surface area contributed by atoms with Crippen LogP contribution < -0.4 is 4.90 Å². The van der Waals surface area contributed by atoms with Crippen LogP contribution in [0.25, 0.3) is 0 Å². The largest absolute Gasteiger partial charge is 0.337 e. The van der Waals surface area contributed by atoms with Crippen LogP contribution in [0.5, 0.6) is 0 Å². The maximum absolute atomic E-state index is 13.1. The Kier molecular flexibility index (Phi) is 4.87. The van der Waals surface area contributed by atoms with Gasteiger partial charge in [0.1, 0.15) is 0 Å². The van der Waals surface area contributed by atoms with Gasteiger partial charge in [-0.3, -0.25) is 9.78 Å². The lowest BCUT2D eigenvalue weighted by Crippen LogP contribution is -2.41. The lowest BCUT2D eigenvalue weighted by Gasteiger charge is -2.28. The van der Waals surface area contributed by atoms with Crippen LogP contribution in [-0.2, 0) is 16.3 Å². The normalized spacial score (nSPS) is 22.9. The number of nitrogens with zero attached hydrogens (tertiary/aromatic N) is 3. The average Bonchev–Trinajstić information content (AvgIpc) is 3.20. The molecule has 1 fully saturated rings. The number of sulfone groups is 1. The summed E-state index contributed by atoms with van der Waals surface area (Å²) in [4.78, 5) is 21.4. The molecule has 4 rings (SSSR count). The molecule has 0 radical (unpaired) electrons. The Bertz CT molecular complexity index is 1010. The van der Waals surface area contributed by atoms with E-state index in [1.165, 1.54) is 5.56 Å². The van der Waals surface area contributed by atoms with Gasteiger partial charge in [0.2, 0.25) is 0 Å². The standard InChI is InChI=1S/C21H25N3O3S/c1-3-23(18-8-9-28(26,27)14-18)21(25)17-11-19(13-22-12-17)24-15(2)10-16-6-4-5-7-20(16)24/h4-7,11-13,15,18H,3,8-10,14H2,1-2H3. The molecular weight excluding hydrogens is 374 g/mol. The second-order valence-electron chi connectivity index (χ2n) is 7.63. The van der Waals surface area contributed by atoms with Crippen LogP contribution in [-0.4, -0.2) is 54.3 Å². The number of anilines is 2. The van der Waals surface area contributed by atoms with E-state index in [2.05, 4.69) is 28.9 Å². The lowest BCUT2D eigenvalue weighted by molar-refractivity contribution is 0.0708. The van der Waals surface area contributed by atoms with Crippen LogP contribution in [0.15, 0.2) is 42.7 Å². The molecule has 28 heavy (non-hydrogen) atoms. The summed E-state index contributed by atoms with van der Waals surface area (Å²) in [6.07, 6.45) is 4.82. The molecule has 7 heteroatoms. The first-order valence-corrected chi connectivity index (χ1v) is 11.6. The number of rotatable bonds is 4. The van der Waals surface area contributed by atoms with E-state index >= 15 is 0 Å². The highest BCUT2D eigenvalue weighted by molar-refractivity contribution is 7.91. The molecule has 0 aliphatic carbocycles. The minimum atomic E-state index is -3.05. The minimum absolute atomic E-state index is 0.0518.